The Kier molecular flexibility index (Phi) is 6.09. The van der Waals surface area contributed by atoms with Crippen molar-refractivity contribution in [3.63, 3.8) is 0 Å². The molecule has 1 unspecified atom stereocenters. The Balaban J connectivity index is 1.43. The molecule has 0 bridgehead atoms. The van der Waals surface area contributed by atoms with E-state index in [1.165, 1.54) is 5.56 Å². The first kappa shape index (κ1) is 20.1. The fraction of sp³-hybridized carbons (Fsp3) is 0.348. The molecule has 1 atom stereocenters. The number of amides is 2. The van der Waals surface area contributed by atoms with Crippen LogP contribution in [0.25, 0.3) is 0 Å². The Morgan fingerprint density at radius 2 is 1.63 bits per heavy atom. The molecule has 0 spiro atoms. The second-order valence-corrected chi connectivity index (χ2v) is 7.76. The molecule has 2 aliphatic heterocycles. The number of hydrogen-bond acceptors (Lipinski definition) is 5. The summed E-state index contributed by atoms with van der Waals surface area (Å²) >= 11 is 0. The lowest BCUT2D eigenvalue weighted by Crippen LogP contribution is -2.41. The molecule has 1 saturated heterocycles. The van der Waals surface area contributed by atoms with E-state index in [0.717, 1.165) is 31.7 Å². The molecule has 4 rings (SSSR count). The van der Waals surface area contributed by atoms with Gasteiger partial charge in [-0.05, 0) is 24.1 Å². The standard InChI is InChI=1S/C23H27N5O2/c24-22(29)21-16-20(25-28(21)19-10-5-2-6-11-19)23(30)27-13-7-12-26(14-15-27)17-18-8-3-1-4-9-18/h1-6,8-11,21H,7,12-17H2,(H2,24,29). The summed E-state index contributed by atoms with van der Waals surface area (Å²) in [4.78, 5) is 29.4. The zero-order valence-corrected chi connectivity index (χ0v) is 17.0. The number of hydrazone groups is 1. The zero-order valence-electron chi connectivity index (χ0n) is 17.0. The van der Waals surface area contributed by atoms with Crippen molar-refractivity contribution < 1.29 is 9.59 Å². The minimum Gasteiger partial charge on any atom is -0.368 e. The molecule has 30 heavy (non-hydrogen) atoms. The van der Waals surface area contributed by atoms with Crippen LogP contribution < -0.4 is 10.7 Å². The highest BCUT2D eigenvalue weighted by molar-refractivity contribution is 6.40. The van der Waals surface area contributed by atoms with E-state index in [1.807, 2.05) is 41.3 Å². The molecule has 0 saturated carbocycles. The van der Waals surface area contributed by atoms with Gasteiger partial charge in [-0.3, -0.25) is 19.5 Å². The number of nitrogens with zero attached hydrogens (tertiary/aromatic N) is 4. The number of hydrogen-bond donors (Lipinski definition) is 1. The van der Waals surface area contributed by atoms with Crippen molar-refractivity contribution in [3.8, 4) is 0 Å². The summed E-state index contributed by atoms with van der Waals surface area (Å²) in [5, 5.41) is 6.08. The van der Waals surface area contributed by atoms with E-state index in [9.17, 15) is 9.59 Å². The highest BCUT2D eigenvalue weighted by atomic mass is 16.2. The van der Waals surface area contributed by atoms with Crippen molar-refractivity contribution in [1.29, 1.82) is 0 Å². The second kappa shape index (κ2) is 9.09. The van der Waals surface area contributed by atoms with Crippen LogP contribution in [-0.4, -0.2) is 59.5 Å². The topological polar surface area (TPSA) is 82.2 Å². The molecular weight excluding hydrogens is 378 g/mol. The van der Waals surface area contributed by atoms with E-state index in [2.05, 4.69) is 34.3 Å². The maximum Gasteiger partial charge on any atom is 0.270 e. The SMILES string of the molecule is NC(=O)C1CC(C(=O)N2CCCN(Cc3ccccc3)CC2)=NN1c1ccccc1. The van der Waals surface area contributed by atoms with Gasteiger partial charge >= 0.3 is 0 Å². The predicted molar refractivity (Wildman–Crippen MR) is 117 cm³/mol. The number of rotatable bonds is 5. The Bertz CT molecular complexity index is 916. The molecule has 1 fully saturated rings. The number of primary amides is 1. The Morgan fingerprint density at radius 3 is 2.33 bits per heavy atom. The highest BCUT2D eigenvalue weighted by Gasteiger charge is 2.36. The maximum absolute atomic E-state index is 13.2. The van der Waals surface area contributed by atoms with Crippen LogP contribution in [0.1, 0.15) is 18.4 Å². The average Bonchev–Trinajstić information content (AvgIpc) is 3.10. The van der Waals surface area contributed by atoms with Crippen LogP contribution in [0.4, 0.5) is 5.69 Å². The zero-order chi connectivity index (χ0) is 20.9. The van der Waals surface area contributed by atoms with Crippen LogP contribution in [-0.2, 0) is 16.1 Å². The largest absolute Gasteiger partial charge is 0.368 e. The van der Waals surface area contributed by atoms with Gasteiger partial charge in [0, 0.05) is 39.1 Å². The minimum absolute atomic E-state index is 0.0961. The molecule has 0 aliphatic carbocycles. The Hall–Kier alpha value is -3.19. The van der Waals surface area contributed by atoms with Gasteiger partial charge in [0.15, 0.2) is 0 Å². The molecule has 2 heterocycles. The van der Waals surface area contributed by atoms with Crippen molar-refractivity contribution in [3.05, 3.63) is 66.2 Å². The third-order valence-corrected chi connectivity index (χ3v) is 5.63. The summed E-state index contributed by atoms with van der Waals surface area (Å²) < 4.78 is 0. The molecule has 7 nitrogen and oxygen atoms in total. The molecular formula is C23H27N5O2. The van der Waals surface area contributed by atoms with E-state index in [-0.39, 0.29) is 12.3 Å². The summed E-state index contributed by atoms with van der Waals surface area (Å²) in [5.74, 6) is -0.573. The summed E-state index contributed by atoms with van der Waals surface area (Å²) in [7, 11) is 0. The van der Waals surface area contributed by atoms with Crippen LogP contribution in [0, 0.1) is 0 Å². The van der Waals surface area contributed by atoms with E-state index >= 15 is 0 Å². The lowest BCUT2D eigenvalue weighted by Gasteiger charge is -2.22. The van der Waals surface area contributed by atoms with Gasteiger partial charge in [-0.15, -0.1) is 0 Å². The van der Waals surface area contributed by atoms with E-state index in [0.29, 0.717) is 18.8 Å². The normalized spacial score (nSPS) is 20.0. The van der Waals surface area contributed by atoms with Crippen molar-refractivity contribution in [2.24, 2.45) is 10.8 Å². The fourth-order valence-corrected chi connectivity index (χ4v) is 4.04. The first-order valence-electron chi connectivity index (χ1n) is 10.4. The van der Waals surface area contributed by atoms with Gasteiger partial charge < -0.3 is 10.6 Å². The summed E-state index contributed by atoms with van der Waals surface area (Å²) in [6, 6.07) is 19.1. The van der Waals surface area contributed by atoms with Crippen molar-refractivity contribution in [2.45, 2.75) is 25.4 Å². The number of anilines is 1. The molecule has 156 valence electrons. The summed E-state index contributed by atoms with van der Waals surface area (Å²) in [6.45, 7) is 3.99. The predicted octanol–water partition coefficient (Wildman–Crippen LogP) is 1.84. The molecule has 2 aliphatic rings. The monoisotopic (exact) mass is 405 g/mol. The van der Waals surface area contributed by atoms with Crippen molar-refractivity contribution in [2.75, 3.05) is 31.2 Å². The number of nitrogens with two attached hydrogens (primary N) is 1. The van der Waals surface area contributed by atoms with Crippen molar-refractivity contribution in [1.82, 2.24) is 9.80 Å². The summed E-state index contributed by atoms with van der Waals surface area (Å²) in [5.41, 5.74) is 8.04. The molecule has 0 aromatic heterocycles. The van der Waals surface area contributed by atoms with Gasteiger partial charge in [-0.2, -0.15) is 5.10 Å². The quantitative estimate of drug-likeness (QED) is 0.823. The van der Waals surface area contributed by atoms with Crippen LogP contribution >= 0.6 is 0 Å². The molecule has 2 aromatic carbocycles. The van der Waals surface area contributed by atoms with Gasteiger partial charge in [-0.25, -0.2) is 0 Å². The fourth-order valence-electron chi connectivity index (χ4n) is 4.04. The van der Waals surface area contributed by atoms with Crippen LogP contribution in [0.3, 0.4) is 0 Å². The van der Waals surface area contributed by atoms with Gasteiger partial charge in [0.1, 0.15) is 11.8 Å². The van der Waals surface area contributed by atoms with Gasteiger partial charge in [0.2, 0.25) is 5.91 Å². The Labute approximate surface area is 176 Å². The number of para-hydroxylation sites is 1. The maximum atomic E-state index is 13.2. The number of carbonyl (C=O) groups is 2. The third kappa shape index (κ3) is 4.52. The molecule has 7 heteroatoms. The van der Waals surface area contributed by atoms with Crippen molar-refractivity contribution >= 4 is 23.2 Å². The lowest BCUT2D eigenvalue weighted by atomic mass is 10.1. The number of carbonyl (C=O) groups excluding carboxylic acids is 2. The van der Waals surface area contributed by atoms with Gasteiger partial charge in [0.25, 0.3) is 5.91 Å². The Morgan fingerprint density at radius 1 is 0.933 bits per heavy atom. The van der Waals surface area contributed by atoms with E-state index in [4.69, 9.17) is 5.73 Å². The molecule has 2 amide bonds. The van der Waals surface area contributed by atoms with Gasteiger partial charge in [-0.1, -0.05) is 48.5 Å². The lowest BCUT2D eigenvalue weighted by molar-refractivity contribution is -0.124. The number of benzene rings is 2. The average molecular weight is 406 g/mol. The van der Waals surface area contributed by atoms with Gasteiger partial charge in [0.05, 0.1) is 5.69 Å². The van der Waals surface area contributed by atoms with Crippen LogP contribution in [0.15, 0.2) is 65.8 Å². The smallest absolute Gasteiger partial charge is 0.270 e. The molecule has 0 radical (unpaired) electrons. The summed E-state index contributed by atoms with van der Waals surface area (Å²) in [6.07, 6.45) is 1.15. The van der Waals surface area contributed by atoms with E-state index < -0.39 is 11.9 Å². The minimum atomic E-state index is -0.632. The highest BCUT2D eigenvalue weighted by Crippen LogP contribution is 2.25. The second-order valence-electron chi connectivity index (χ2n) is 7.76. The van der Waals surface area contributed by atoms with Crippen LogP contribution in [0.2, 0.25) is 0 Å². The molecule has 2 N–H and O–H groups in total. The van der Waals surface area contributed by atoms with E-state index in [1.54, 1.807) is 5.01 Å². The first-order valence-corrected chi connectivity index (χ1v) is 10.4. The van der Waals surface area contributed by atoms with Crippen LogP contribution in [0.5, 0.6) is 0 Å². The first-order chi connectivity index (χ1) is 14.6. The third-order valence-electron chi connectivity index (χ3n) is 5.63. The molecule has 2 aromatic rings.